The lowest BCUT2D eigenvalue weighted by molar-refractivity contribution is 0.0955. The standard InChI is InChI=1S/C17H13ClN2OS/c18-14-5-3-13(4-6-14)15-7-8-16(22-15)17(21)20-11-12-2-1-9-19-10-12/h1-10H,11H2,(H,20,21). The van der Waals surface area contributed by atoms with Gasteiger partial charge in [0.1, 0.15) is 0 Å². The second-order valence-electron chi connectivity index (χ2n) is 4.71. The van der Waals surface area contributed by atoms with E-state index in [0.717, 1.165) is 16.0 Å². The largest absolute Gasteiger partial charge is 0.347 e. The summed E-state index contributed by atoms with van der Waals surface area (Å²) in [6.07, 6.45) is 3.46. The summed E-state index contributed by atoms with van der Waals surface area (Å²) in [5.74, 6) is -0.0749. The van der Waals surface area contributed by atoms with Crippen molar-refractivity contribution >= 4 is 28.8 Å². The third-order valence-electron chi connectivity index (χ3n) is 3.13. The van der Waals surface area contributed by atoms with Crippen molar-refractivity contribution in [2.75, 3.05) is 0 Å². The second-order valence-corrected chi connectivity index (χ2v) is 6.23. The molecule has 5 heteroatoms. The molecule has 0 spiro atoms. The third kappa shape index (κ3) is 3.53. The Hall–Kier alpha value is -2.17. The van der Waals surface area contributed by atoms with Gasteiger partial charge in [-0.2, -0.15) is 0 Å². The lowest BCUT2D eigenvalue weighted by Gasteiger charge is -2.03. The zero-order valence-electron chi connectivity index (χ0n) is 11.6. The quantitative estimate of drug-likeness (QED) is 0.771. The van der Waals surface area contributed by atoms with E-state index in [1.165, 1.54) is 11.3 Å². The summed E-state index contributed by atoms with van der Waals surface area (Å²) >= 11 is 7.35. The van der Waals surface area contributed by atoms with Crippen LogP contribution in [0.2, 0.25) is 5.02 Å². The van der Waals surface area contributed by atoms with E-state index in [0.29, 0.717) is 16.4 Å². The molecule has 0 saturated heterocycles. The number of halogens is 1. The first kappa shape index (κ1) is 14.8. The van der Waals surface area contributed by atoms with Crippen LogP contribution in [0.4, 0.5) is 0 Å². The Kier molecular flexibility index (Phi) is 4.51. The van der Waals surface area contributed by atoms with Gasteiger partial charge < -0.3 is 5.32 Å². The van der Waals surface area contributed by atoms with Crippen molar-refractivity contribution in [2.24, 2.45) is 0 Å². The average molecular weight is 329 g/mol. The predicted octanol–water partition coefficient (Wildman–Crippen LogP) is 4.39. The van der Waals surface area contributed by atoms with Gasteiger partial charge in [-0.05, 0) is 41.5 Å². The smallest absolute Gasteiger partial charge is 0.261 e. The van der Waals surface area contributed by atoms with Crippen molar-refractivity contribution < 1.29 is 4.79 Å². The molecule has 3 aromatic rings. The molecule has 3 rings (SSSR count). The molecule has 0 aliphatic rings. The molecule has 0 atom stereocenters. The Balaban J connectivity index is 1.68. The predicted molar refractivity (Wildman–Crippen MR) is 90.2 cm³/mol. The van der Waals surface area contributed by atoms with Gasteiger partial charge in [0.15, 0.2) is 0 Å². The van der Waals surface area contributed by atoms with E-state index in [4.69, 9.17) is 11.6 Å². The molecule has 1 N–H and O–H groups in total. The van der Waals surface area contributed by atoms with E-state index >= 15 is 0 Å². The summed E-state index contributed by atoms with van der Waals surface area (Å²) in [4.78, 5) is 17.9. The van der Waals surface area contributed by atoms with Crippen LogP contribution < -0.4 is 5.32 Å². The molecule has 2 heterocycles. The molecule has 0 aliphatic carbocycles. The van der Waals surface area contributed by atoms with Gasteiger partial charge in [0, 0.05) is 28.8 Å². The SMILES string of the molecule is O=C(NCc1cccnc1)c1ccc(-c2ccc(Cl)cc2)s1. The minimum absolute atomic E-state index is 0.0749. The lowest BCUT2D eigenvalue weighted by atomic mass is 10.2. The van der Waals surface area contributed by atoms with Gasteiger partial charge >= 0.3 is 0 Å². The number of amides is 1. The van der Waals surface area contributed by atoms with Crippen molar-refractivity contribution in [3.63, 3.8) is 0 Å². The number of carbonyl (C=O) groups excluding carboxylic acids is 1. The van der Waals surface area contributed by atoms with Crippen molar-refractivity contribution in [3.8, 4) is 10.4 Å². The zero-order chi connectivity index (χ0) is 15.4. The first-order valence-corrected chi connectivity index (χ1v) is 7.95. The van der Waals surface area contributed by atoms with Crippen LogP contribution in [0.25, 0.3) is 10.4 Å². The van der Waals surface area contributed by atoms with Crippen molar-refractivity contribution in [1.29, 1.82) is 0 Å². The number of aromatic nitrogens is 1. The highest BCUT2D eigenvalue weighted by atomic mass is 35.5. The Labute approximate surface area is 137 Å². The molecule has 0 fully saturated rings. The molecule has 22 heavy (non-hydrogen) atoms. The highest BCUT2D eigenvalue weighted by molar-refractivity contribution is 7.17. The maximum atomic E-state index is 12.2. The molecule has 0 aliphatic heterocycles. The number of thiophene rings is 1. The summed E-state index contributed by atoms with van der Waals surface area (Å²) in [5.41, 5.74) is 2.03. The van der Waals surface area contributed by atoms with Crippen LogP contribution in [-0.4, -0.2) is 10.9 Å². The van der Waals surface area contributed by atoms with Crippen LogP contribution in [0.3, 0.4) is 0 Å². The molecule has 0 radical (unpaired) electrons. The van der Waals surface area contributed by atoms with Gasteiger partial charge in [-0.3, -0.25) is 9.78 Å². The van der Waals surface area contributed by atoms with Crippen molar-refractivity contribution in [3.05, 3.63) is 76.4 Å². The molecule has 0 bridgehead atoms. The summed E-state index contributed by atoms with van der Waals surface area (Å²) in [6.45, 7) is 0.473. The number of pyridine rings is 1. The van der Waals surface area contributed by atoms with E-state index < -0.39 is 0 Å². The summed E-state index contributed by atoms with van der Waals surface area (Å²) in [6, 6.07) is 15.2. The van der Waals surface area contributed by atoms with E-state index in [1.807, 2.05) is 48.5 Å². The fourth-order valence-corrected chi connectivity index (χ4v) is 3.06. The van der Waals surface area contributed by atoms with Crippen LogP contribution >= 0.6 is 22.9 Å². The molecular formula is C17H13ClN2OS. The number of nitrogens with zero attached hydrogens (tertiary/aromatic N) is 1. The Bertz CT molecular complexity index is 769. The topological polar surface area (TPSA) is 42.0 Å². The number of benzene rings is 1. The first-order chi connectivity index (χ1) is 10.7. The average Bonchev–Trinajstić information content (AvgIpc) is 3.04. The maximum Gasteiger partial charge on any atom is 0.261 e. The molecule has 0 saturated carbocycles. The molecule has 110 valence electrons. The number of carbonyl (C=O) groups is 1. The van der Waals surface area contributed by atoms with E-state index in [-0.39, 0.29) is 5.91 Å². The number of hydrogen-bond acceptors (Lipinski definition) is 3. The van der Waals surface area contributed by atoms with Crippen LogP contribution in [0, 0.1) is 0 Å². The van der Waals surface area contributed by atoms with Crippen LogP contribution in [0.5, 0.6) is 0 Å². The fourth-order valence-electron chi connectivity index (χ4n) is 2.00. The van der Waals surface area contributed by atoms with E-state index in [1.54, 1.807) is 12.4 Å². The number of nitrogens with one attached hydrogen (secondary N) is 1. The molecule has 2 aromatic heterocycles. The summed E-state index contributed by atoms with van der Waals surface area (Å²) in [5, 5.41) is 3.60. The number of rotatable bonds is 4. The highest BCUT2D eigenvalue weighted by Gasteiger charge is 2.10. The molecular weight excluding hydrogens is 316 g/mol. The minimum atomic E-state index is -0.0749. The maximum absolute atomic E-state index is 12.2. The fraction of sp³-hybridized carbons (Fsp3) is 0.0588. The normalized spacial score (nSPS) is 10.4. The summed E-state index contributed by atoms with van der Waals surface area (Å²) in [7, 11) is 0. The minimum Gasteiger partial charge on any atom is -0.347 e. The highest BCUT2D eigenvalue weighted by Crippen LogP contribution is 2.29. The van der Waals surface area contributed by atoms with Crippen LogP contribution in [0.15, 0.2) is 60.9 Å². The Morgan fingerprint density at radius 2 is 1.95 bits per heavy atom. The third-order valence-corrected chi connectivity index (χ3v) is 4.52. The Morgan fingerprint density at radius 3 is 2.68 bits per heavy atom. The molecule has 1 aromatic carbocycles. The van der Waals surface area contributed by atoms with Gasteiger partial charge in [0.05, 0.1) is 4.88 Å². The monoisotopic (exact) mass is 328 g/mol. The van der Waals surface area contributed by atoms with Crippen molar-refractivity contribution in [1.82, 2.24) is 10.3 Å². The second kappa shape index (κ2) is 6.73. The van der Waals surface area contributed by atoms with E-state index in [2.05, 4.69) is 10.3 Å². The molecule has 0 unspecified atom stereocenters. The van der Waals surface area contributed by atoms with Gasteiger partial charge in [0.2, 0.25) is 0 Å². The Morgan fingerprint density at radius 1 is 1.14 bits per heavy atom. The van der Waals surface area contributed by atoms with E-state index in [9.17, 15) is 4.79 Å². The lowest BCUT2D eigenvalue weighted by Crippen LogP contribution is -2.21. The molecule has 3 nitrogen and oxygen atoms in total. The van der Waals surface area contributed by atoms with Gasteiger partial charge in [-0.25, -0.2) is 0 Å². The summed E-state index contributed by atoms with van der Waals surface area (Å²) < 4.78 is 0. The van der Waals surface area contributed by atoms with Gasteiger partial charge in [-0.1, -0.05) is 29.8 Å². The van der Waals surface area contributed by atoms with Crippen LogP contribution in [0.1, 0.15) is 15.2 Å². The van der Waals surface area contributed by atoms with Crippen LogP contribution in [-0.2, 0) is 6.54 Å². The van der Waals surface area contributed by atoms with Gasteiger partial charge in [0.25, 0.3) is 5.91 Å². The zero-order valence-corrected chi connectivity index (χ0v) is 13.2. The first-order valence-electron chi connectivity index (χ1n) is 6.75. The van der Waals surface area contributed by atoms with Gasteiger partial charge in [-0.15, -0.1) is 11.3 Å². The van der Waals surface area contributed by atoms with Crippen molar-refractivity contribution in [2.45, 2.75) is 6.54 Å². The molecule has 1 amide bonds. The number of hydrogen-bond donors (Lipinski definition) is 1.